The van der Waals surface area contributed by atoms with Crippen molar-refractivity contribution in [2.75, 3.05) is 25.0 Å². The number of carbonyl (C=O) groups excluding carboxylic acids is 1. The molecule has 0 radical (unpaired) electrons. The van der Waals surface area contributed by atoms with Crippen LogP contribution in [0.1, 0.15) is 33.1 Å². The van der Waals surface area contributed by atoms with Crippen molar-refractivity contribution in [1.82, 2.24) is 4.31 Å². The molecule has 0 aliphatic carbocycles. The van der Waals surface area contributed by atoms with Crippen LogP contribution in [-0.4, -0.2) is 44.4 Å². The van der Waals surface area contributed by atoms with Crippen molar-refractivity contribution in [2.24, 2.45) is 0 Å². The minimum absolute atomic E-state index is 0.0559. The van der Waals surface area contributed by atoms with E-state index in [1.165, 1.54) is 10.4 Å². The Morgan fingerprint density at radius 3 is 2.45 bits per heavy atom. The average molecular weight is 467 g/mol. The molecule has 0 bridgehead atoms. The van der Waals surface area contributed by atoms with Crippen molar-refractivity contribution in [3.8, 4) is 11.5 Å². The molecule has 31 heavy (non-hydrogen) atoms. The molecule has 7 nitrogen and oxygen atoms in total. The van der Waals surface area contributed by atoms with Gasteiger partial charge in [0.2, 0.25) is 10.0 Å². The summed E-state index contributed by atoms with van der Waals surface area (Å²) in [4.78, 5) is 12.7. The zero-order valence-electron chi connectivity index (χ0n) is 17.6. The van der Waals surface area contributed by atoms with Gasteiger partial charge in [-0.2, -0.15) is 4.31 Å². The third-order valence-corrected chi connectivity index (χ3v) is 7.11. The van der Waals surface area contributed by atoms with Gasteiger partial charge in [-0.3, -0.25) is 4.79 Å². The molecule has 1 saturated heterocycles. The van der Waals surface area contributed by atoms with Gasteiger partial charge in [0.1, 0.15) is 16.4 Å². The van der Waals surface area contributed by atoms with E-state index >= 15 is 0 Å². The highest BCUT2D eigenvalue weighted by molar-refractivity contribution is 7.89. The second-order valence-electron chi connectivity index (χ2n) is 7.26. The van der Waals surface area contributed by atoms with E-state index in [4.69, 9.17) is 21.1 Å². The number of ether oxygens (including phenoxy) is 2. The molecule has 0 aromatic heterocycles. The molecule has 1 aliphatic rings. The van der Waals surface area contributed by atoms with Crippen molar-refractivity contribution in [1.29, 1.82) is 0 Å². The van der Waals surface area contributed by atoms with Crippen LogP contribution in [0.4, 0.5) is 5.69 Å². The van der Waals surface area contributed by atoms with Gasteiger partial charge >= 0.3 is 0 Å². The molecule has 3 rings (SSSR count). The van der Waals surface area contributed by atoms with Crippen molar-refractivity contribution in [3.05, 3.63) is 47.5 Å². The van der Waals surface area contributed by atoms with E-state index in [9.17, 15) is 13.2 Å². The fourth-order valence-corrected chi connectivity index (χ4v) is 5.12. The molecular formula is C22H27ClN2O5S. The first-order chi connectivity index (χ1) is 14.8. The highest BCUT2D eigenvalue weighted by Gasteiger charge is 2.29. The molecule has 1 atom stereocenters. The molecule has 1 heterocycles. The van der Waals surface area contributed by atoms with Gasteiger partial charge in [0, 0.05) is 23.8 Å². The smallest absolute Gasteiger partial charge is 0.265 e. The number of piperidine rings is 1. The van der Waals surface area contributed by atoms with E-state index in [0.29, 0.717) is 36.2 Å². The van der Waals surface area contributed by atoms with Crippen molar-refractivity contribution in [2.45, 2.75) is 44.1 Å². The highest BCUT2D eigenvalue weighted by Crippen LogP contribution is 2.31. The minimum atomic E-state index is -3.73. The number of halogens is 1. The van der Waals surface area contributed by atoms with Gasteiger partial charge in [-0.15, -0.1) is 0 Å². The number of sulfonamides is 1. The number of hydrogen-bond acceptors (Lipinski definition) is 5. The van der Waals surface area contributed by atoms with Gasteiger partial charge < -0.3 is 14.8 Å². The summed E-state index contributed by atoms with van der Waals surface area (Å²) in [7, 11) is -3.73. The molecule has 1 fully saturated rings. The van der Waals surface area contributed by atoms with Crippen LogP contribution in [-0.2, 0) is 14.8 Å². The van der Waals surface area contributed by atoms with Crippen molar-refractivity contribution in [3.63, 3.8) is 0 Å². The lowest BCUT2D eigenvalue weighted by Gasteiger charge is -2.27. The normalized spacial score (nSPS) is 15.8. The number of nitrogens with zero attached hydrogens (tertiary/aromatic N) is 1. The molecule has 1 amide bonds. The summed E-state index contributed by atoms with van der Waals surface area (Å²) in [6, 6.07) is 11.3. The lowest BCUT2D eigenvalue weighted by atomic mass is 10.2. The summed E-state index contributed by atoms with van der Waals surface area (Å²) in [5.41, 5.74) is 0.357. The molecule has 1 N–H and O–H groups in total. The monoisotopic (exact) mass is 466 g/mol. The Hall–Kier alpha value is -2.29. The van der Waals surface area contributed by atoms with E-state index in [2.05, 4.69) is 5.32 Å². The number of amides is 1. The Morgan fingerprint density at radius 1 is 1.13 bits per heavy atom. The van der Waals surface area contributed by atoms with Crippen molar-refractivity contribution < 1.29 is 22.7 Å². The lowest BCUT2D eigenvalue weighted by Crippen LogP contribution is -2.36. The summed E-state index contributed by atoms with van der Waals surface area (Å²) in [6.07, 6.45) is 1.89. The predicted molar refractivity (Wildman–Crippen MR) is 120 cm³/mol. The highest BCUT2D eigenvalue weighted by atomic mass is 35.5. The molecule has 0 spiro atoms. The number of benzene rings is 2. The number of rotatable bonds is 8. The number of nitrogens with one attached hydrogen (secondary N) is 1. The van der Waals surface area contributed by atoms with Gasteiger partial charge in [-0.05, 0) is 69.2 Å². The van der Waals surface area contributed by atoms with Gasteiger partial charge in [0.05, 0.1) is 6.61 Å². The maximum Gasteiger partial charge on any atom is 0.265 e. The average Bonchev–Trinajstić information content (AvgIpc) is 2.77. The summed E-state index contributed by atoms with van der Waals surface area (Å²) in [6.45, 7) is 4.71. The second kappa shape index (κ2) is 10.3. The van der Waals surface area contributed by atoms with Crippen LogP contribution in [0.3, 0.4) is 0 Å². The van der Waals surface area contributed by atoms with E-state index < -0.39 is 22.0 Å². The molecular weight excluding hydrogens is 440 g/mol. The van der Waals surface area contributed by atoms with Gasteiger partial charge in [-0.25, -0.2) is 8.42 Å². The fourth-order valence-electron chi connectivity index (χ4n) is 3.32. The van der Waals surface area contributed by atoms with Crippen LogP contribution in [0.25, 0.3) is 0 Å². The van der Waals surface area contributed by atoms with Crippen molar-refractivity contribution >= 4 is 33.2 Å². The third-order valence-electron chi connectivity index (χ3n) is 4.94. The van der Waals surface area contributed by atoms with E-state index in [-0.39, 0.29) is 10.6 Å². The molecule has 2 aromatic rings. The summed E-state index contributed by atoms with van der Waals surface area (Å²) >= 11 is 5.86. The Bertz CT molecular complexity index is 1010. The zero-order chi connectivity index (χ0) is 22.4. The summed E-state index contributed by atoms with van der Waals surface area (Å²) in [5.74, 6) is 0.379. The van der Waals surface area contributed by atoms with Crippen LogP contribution in [0.2, 0.25) is 5.02 Å². The summed E-state index contributed by atoms with van der Waals surface area (Å²) < 4.78 is 39.1. The fraction of sp³-hybridized carbons (Fsp3) is 0.409. The molecule has 2 aromatic carbocycles. The number of carbonyl (C=O) groups is 1. The first-order valence-electron chi connectivity index (χ1n) is 10.3. The second-order valence-corrected chi connectivity index (χ2v) is 9.61. The van der Waals surface area contributed by atoms with E-state index in [1.54, 1.807) is 50.2 Å². The summed E-state index contributed by atoms with van der Waals surface area (Å²) in [5, 5.41) is 3.30. The molecule has 1 aliphatic heterocycles. The molecule has 9 heteroatoms. The lowest BCUT2D eigenvalue weighted by molar-refractivity contribution is -0.122. The maximum atomic E-state index is 13.2. The minimum Gasteiger partial charge on any atom is -0.492 e. The van der Waals surface area contributed by atoms with Crippen LogP contribution in [0, 0.1) is 0 Å². The Kier molecular flexibility index (Phi) is 7.80. The first-order valence-corrected chi connectivity index (χ1v) is 12.1. The van der Waals surface area contributed by atoms with Gasteiger partial charge in [-0.1, -0.05) is 18.0 Å². The Morgan fingerprint density at radius 2 is 1.81 bits per heavy atom. The van der Waals surface area contributed by atoms with Crippen LogP contribution < -0.4 is 14.8 Å². The first kappa shape index (κ1) is 23.4. The third kappa shape index (κ3) is 5.90. The van der Waals surface area contributed by atoms with Gasteiger partial charge in [0.25, 0.3) is 5.91 Å². The Balaban J connectivity index is 1.79. The largest absolute Gasteiger partial charge is 0.492 e. The van der Waals surface area contributed by atoms with Crippen LogP contribution >= 0.6 is 11.6 Å². The standard InChI is InChI=1S/C22H27ClN2O5S/c1-3-29-20-12-9-18(15-21(20)31(27,28)25-13-5-4-6-14-25)24-22(26)16(2)30-19-10-7-17(23)8-11-19/h7-12,15-16H,3-6,13-14H2,1-2H3,(H,24,26). The molecule has 0 saturated carbocycles. The quantitative estimate of drug-likeness (QED) is 0.626. The predicted octanol–water partition coefficient (Wildman–Crippen LogP) is 4.32. The maximum absolute atomic E-state index is 13.2. The Labute approximate surface area is 188 Å². The topological polar surface area (TPSA) is 84.9 Å². The SMILES string of the molecule is CCOc1ccc(NC(=O)C(C)Oc2ccc(Cl)cc2)cc1S(=O)(=O)N1CCCCC1. The van der Waals surface area contributed by atoms with Crippen LogP contribution in [0.15, 0.2) is 47.4 Å². The van der Waals surface area contributed by atoms with E-state index in [1.807, 2.05) is 0 Å². The zero-order valence-corrected chi connectivity index (χ0v) is 19.2. The molecule has 168 valence electrons. The molecule has 1 unspecified atom stereocenters. The van der Waals surface area contributed by atoms with Gasteiger partial charge in [0.15, 0.2) is 6.10 Å². The number of hydrogen-bond donors (Lipinski definition) is 1. The van der Waals surface area contributed by atoms with Crippen LogP contribution in [0.5, 0.6) is 11.5 Å². The number of anilines is 1. The van der Waals surface area contributed by atoms with E-state index in [0.717, 1.165) is 19.3 Å².